The maximum absolute atomic E-state index is 12.6. The van der Waals surface area contributed by atoms with Gasteiger partial charge in [-0.25, -0.2) is 9.98 Å². The van der Waals surface area contributed by atoms with Crippen molar-refractivity contribution in [3.63, 3.8) is 0 Å². The third-order valence-electron chi connectivity index (χ3n) is 5.75. The largest absolute Gasteiger partial charge is 0.370 e. The summed E-state index contributed by atoms with van der Waals surface area (Å²) >= 11 is 0. The van der Waals surface area contributed by atoms with Gasteiger partial charge in [-0.15, -0.1) is 0 Å². The zero-order valence-electron chi connectivity index (χ0n) is 18.9. The van der Waals surface area contributed by atoms with Gasteiger partial charge in [-0.2, -0.15) is 0 Å². The predicted molar refractivity (Wildman–Crippen MR) is 131 cm³/mol. The fourth-order valence-electron chi connectivity index (χ4n) is 3.78. The number of piperazine rings is 1. The molecule has 1 amide bonds. The molecule has 0 aliphatic carbocycles. The summed E-state index contributed by atoms with van der Waals surface area (Å²) in [6, 6.07) is 11.3. The molecule has 1 saturated heterocycles. The monoisotopic (exact) mass is 449 g/mol. The lowest BCUT2D eigenvalue weighted by atomic mass is 10.2. The number of nitrogens with two attached hydrogens (primary N) is 2. The molecule has 10 nitrogen and oxygen atoms in total. The molecular formula is C23H31N9O. The Hall–Kier alpha value is -3.63. The molecule has 10 heteroatoms. The van der Waals surface area contributed by atoms with Gasteiger partial charge in [0.1, 0.15) is 11.5 Å². The second-order valence-corrected chi connectivity index (χ2v) is 8.24. The molecule has 0 atom stereocenters. The summed E-state index contributed by atoms with van der Waals surface area (Å²) in [5.74, 6) is 0.806. The highest BCUT2D eigenvalue weighted by Crippen LogP contribution is 2.17. The lowest BCUT2D eigenvalue weighted by Gasteiger charge is -2.32. The zero-order valence-corrected chi connectivity index (χ0v) is 18.9. The van der Waals surface area contributed by atoms with Crippen LogP contribution in [-0.2, 0) is 6.54 Å². The number of carbonyl (C=O) groups is 1. The smallest absolute Gasteiger partial charge is 0.251 e. The number of pyridine rings is 1. The lowest BCUT2D eigenvalue weighted by Crippen LogP contribution is -2.46. The van der Waals surface area contributed by atoms with Gasteiger partial charge in [0.2, 0.25) is 0 Å². The summed E-state index contributed by atoms with van der Waals surface area (Å²) in [5, 5.41) is 6.39. The summed E-state index contributed by atoms with van der Waals surface area (Å²) in [5.41, 5.74) is 13.9. The minimum absolute atomic E-state index is 0.0367. The molecule has 1 aliphatic heterocycles. The number of amides is 1. The number of nitrogens with zero attached hydrogens (tertiary/aromatic N) is 5. The van der Waals surface area contributed by atoms with E-state index in [0.29, 0.717) is 30.0 Å². The molecular weight excluding hydrogens is 418 g/mol. The van der Waals surface area contributed by atoms with Gasteiger partial charge in [0.05, 0.1) is 11.9 Å². The number of fused-ring (bicyclic) bond motifs is 1. The molecule has 2 aromatic heterocycles. The number of imidazole rings is 1. The molecule has 1 aromatic carbocycles. The first-order chi connectivity index (χ1) is 16.0. The number of hydrogen-bond donors (Lipinski definition) is 4. The van der Waals surface area contributed by atoms with Crippen molar-refractivity contribution in [3.05, 3.63) is 59.9 Å². The van der Waals surface area contributed by atoms with Crippen molar-refractivity contribution in [2.24, 2.45) is 16.5 Å². The number of aliphatic imine (C=N–C) groups is 1. The number of rotatable bonds is 8. The SMILES string of the molecule is CN1CCN(CCNC(=O)c2ccn3c(NCc4ccc(N=C(N)N)cc4)cnc3c2)CC1. The van der Waals surface area contributed by atoms with Crippen LogP contribution >= 0.6 is 0 Å². The minimum atomic E-state index is -0.0787. The number of anilines is 1. The average molecular weight is 450 g/mol. The van der Waals surface area contributed by atoms with E-state index < -0.39 is 0 Å². The fourth-order valence-corrected chi connectivity index (χ4v) is 3.78. The molecule has 1 fully saturated rings. The number of nitrogens with one attached hydrogen (secondary N) is 2. The molecule has 0 saturated carbocycles. The van der Waals surface area contributed by atoms with E-state index in [1.807, 2.05) is 40.9 Å². The van der Waals surface area contributed by atoms with Crippen molar-refractivity contribution in [1.82, 2.24) is 24.5 Å². The highest BCUT2D eigenvalue weighted by atomic mass is 16.1. The number of guanidine groups is 1. The highest BCUT2D eigenvalue weighted by molar-refractivity contribution is 5.95. The van der Waals surface area contributed by atoms with E-state index in [-0.39, 0.29) is 11.9 Å². The summed E-state index contributed by atoms with van der Waals surface area (Å²) < 4.78 is 1.93. The molecule has 0 radical (unpaired) electrons. The van der Waals surface area contributed by atoms with Crippen LogP contribution in [0.4, 0.5) is 11.5 Å². The van der Waals surface area contributed by atoms with Crippen LogP contribution in [-0.4, -0.2) is 77.4 Å². The van der Waals surface area contributed by atoms with Crippen molar-refractivity contribution < 1.29 is 4.79 Å². The van der Waals surface area contributed by atoms with Crippen molar-refractivity contribution in [2.75, 3.05) is 51.6 Å². The number of carbonyl (C=O) groups excluding carboxylic acids is 1. The van der Waals surface area contributed by atoms with Gasteiger partial charge in [-0.05, 0) is 36.9 Å². The van der Waals surface area contributed by atoms with Gasteiger partial charge in [-0.1, -0.05) is 12.1 Å². The molecule has 174 valence electrons. The van der Waals surface area contributed by atoms with E-state index in [1.54, 1.807) is 12.3 Å². The van der Waals surface area contributed by atoms with E-state index in [1.165, 1.54) is 0 Å². The standard InChI is InChI=1S/C23H31N9O/c1-30-10-12-31(13-11-30)9-7-26-22(33)18-6-8-32-20(14-18)28-16-21(32)27-15-17-2-4-19(5-3-17)29-23(24)25/h2-6,8,14,16,27H,7,9-13,15H2,1H3,(H,26,33)(H4,24,25,29). The zero-order chi connectivity index (χ0) is 23.2. The van der Waals surface area contributed by atoms with Crippen molar-refractivity contribution >= 4 is 29.0 Å². The first-order valence-corrected chi connectivity index (χ1v) is 11.1. The quantitative estimate of drug-likeness (QED) is 0.296. The Morgan fingerprint density at radius 3 is 2.61 bits per heavy atom. The van der Waals surface area contributed by atoms with E-state index in [0.717, 1.165) is 44.1 Å². The predicted octanol–water partition coefficient (Wildman–Crippen LogP) is 0.829. The Kier molecular flexibility index (Phi) is 7.06. The molecule has 6 N–H and O–H groups in total. The van der Waals surface area contributed by atoms with E-state index in [4.69, 9.17) is 11.5 Å². The van der Waals surface area contributed by atoms with Gasteiger partial charge < -0.3 is 27.0 Å². The molecule has 3 aromatic rings. The molecule has 3 heterocycles. The van der Waals surface area contributed by atoms with E-state index in [9.17, 15) is 4.79 Å². The Morgan fingerprint density at radius 2 is 1.88 bits per heavy atom. The summed E-state index contributed by atoms with van der Waals surface area (Å²) in [4.78, 5) is 25.7. The maximum Gasteiger partial charge on any atom is 0.251 e. The summed E-state index contributed by atoms with van der Waals surface area (Å²) in [7, 11) is 2.14. The minimum Gasteiger partial charge on any atom is -0.370 e. The highest BCUT2D eigenvalue weighted by Gasteiger charge is 2.14. The maximum atomic E-state index is 12.6. The molecule has 33 heavy (non-hydrogen) atoms. The average Bonchev–Trinajstić information content (AvgIpc) is 3.22. The normalized spacial score (nSPS) is 14.8. The second kappa shape index (κ2) is 10.3. The number of hydrogen-bond acceptors (Lipinski definition) is 6. The first-order valence-electron chi connectivity index (χ1n) is 11.1. The van der Waals surface area contributed by atoms with Gasteiger partial charge >= 0.3 is 0 Å². The summed E-state index contributed by atoms with van der Waals surface area (Å²) in [6.45, 7) is 6.35. The molecule has 4 rings (SSSR count). The van der Waals surface area contributed by atoms with E-state index in [2.05, 4.69) is 37.5 Å². The van der Waals surface area contributed by atoms with Crippen molar-refractivity contribution in [3.8, 4) is 0 Å². The van der Waals surface area contributed by atoms with Gasteiger partial charge in [0.15, 0.2) is 5.96 Å². The van der Waals surface area contributed by atoms with Crippen molar-refractivity contribution in [2.45, 2.75) is 6.54 Å². The molecule has 0 unspecified atom stereocenters. The van der Waals surface area contributed by atoms with Crippen LogP contribution in [0.2, 0.25) is 0 Å². The van der Waals surface area contributed by atoms with Crippen molar-refractivity contribution in [1.29, 1.82) is 0 Å². The topological polar surface area (TPSA) is 129 Å². The summed E-state index contributed by atoms with van der Waals surface area (Å²) in [6.07, 6.45) is 3.63. The Labute approximate surface area is 193 Å². The lowest BCUT2D eigenvalue weighted by molar-refractivity contribution is 0.0941. The Bertz CT molecular complexity index is 1110. The van der Waals surface area contributed by atoms with Crippen LogP contribution in [0.25, 0.3) is 5.65 Å². The van der Waals surface area contributed by atoms with Crippen LogP contribution in [0, 0.1) is 0 Å². The second-order valence-electron chi connectivity index (χ2n) is 8.24. The van der Waals surface area contributed by atoms with Gasteiger partial charge in [0, 0.05) is 57.6 Å². The fraction of sp³-hybridized carbons (Fsp3) is 0.348. The number of aromatic nitrogens is 2. The van der Waals surface area contributed by atoms with E-state index >= 15 is 0 Å². The number of benzene rings is 1. The van der Waals surface area contributed by atoms with Crippen LogP contribution < -0.4 is 22.1 Å². The Balaban J connectivity index is 1.31. The van der Waals surface area contributed by atoms with Gasteiger partial charge in [0.25, 0.3) is 5.91 Å². The Morgan fingerprint density at radius 1 is 1.12 bits per heavy atom. The number of likely N-dealkylation sites (N-methyl/N-ethyl adjacent to an activating group) is 1. The van der Waals surface area contributed by atoms with Gasteiger partial charge in [-0.3, -0.25) is 14.1 Å². The molecule has 0 spiro atoms. The molecule has 0 bridgehead atoms. The third-order valence-corrected chi connectivity index (χ3v) is 5.75. The molecule has 1 aliphatic rings. The van der Waals surface area contributed by atoms with Crippen LogP contribution in [0.5, 0.6) is 0 Å². The van der Waals surface area contributed by atoms with Crippen LogP contribution in [0.1, 0.15) is 15.9 Å². The first kappa shape index (κ1) is 22.6. The van der Waals surface area contributed by atoms with Crippen LogP contribution in [0.15, 0.2) is 53.8 Å². The van der Waals surface area contributed by atoms with Crippen LogP contribution in [0.3, 0.4) is 0 Å². The third kappa shape index (κ3) is 5.99.